The van der Waals surface area contributed by atoms with Gasteiger partial charge in [0.2, 0.25) is 0 Å². The highest BCUT2D eigenvalue weighted by molar-refractivity contribution is 5.79. The molecule has 0 aromatic carbocycles. The molecule has 5 heteroatoms. The average Bonchev–Trinajstić information content (AvgIpc) is 2.50. The molecular formula is C17H37N5. The molecule has 1 rings (SSSR count). The van der Waals surface area contributed by atoms with Crippen LogP contribution >= 0.6 is 0 Å². The second-order valence-corrected chi connectivity index (χ2v) is 6.96. The molecule has 5 nitrogen and oxygen atoms in total. The zero-order valence-corrected chi connectivity index (χ0v) is 15.4. The first-order valence-corrected chi connectivity index (χ1v) is 8.90. The van der Waals surface area contributed by atoms with Gasteiger partial charge in [0.15, 0.2) is 5.96 Å². The Kier molecular flexibility index (Phi) is 9.48. The highest BCUT2D eigenvalue weighted by Gasteiger charge is 2.18. The summed E-state index contributed by atoms with van der Waals surface area (Å²) >= 11 is 0. The largest absolute Gasteiger partial charge is 0.356 e. The molecule has 0 amide bonds. The van der Waals surface area contributed by atoms with Crippen LogP contribution in [-0.2, 0) is 0 Å². The standard InChI is InChI=1S/C17H37N5/c1-15(2)8-6-7-9-19-17(18-4)20-14-16(3)22-12-10-21(5)11-13-22/h15-16H,6-14H2,1-5H3,(H2,18,19,20). The molecule has 22 heavy (non-hydrogen) atoms. The maximum atomic E-state index is 4.32. The number of guanidine groups is 1. The van der Waals surface area contributed by atoms with Gasteiger partial charge in [0.05, 0.1) is 0 Å². The summed E-state index contributed by atoms with van der Waals surface area (Å²) in [5, 5.41) is 6.88. The lowest BCUT2D eigenvalue weighted by molar-refractivity contribution is 0.120. The topological polar surface area (TPSA) is 42.9 Å². The predicted molar refractivity (Wildman–Crippen MR) is 96.6 cm³/mol. The second-order valence-electron chi connectivity index (χ2n) is 6.96. The third kappa shape index (κ3) is 7.99. The van der Waals surface area contributed by atoms with E-state index in [2.05, 4.69) is 53.2 Å². The zero-order valence-electron chi connectivity index (χ0n) is 15.4. The van der Waals surface area contributed by atoms with E-state index in [0.717, 1.165) is 25.0 Å². The number of aliphatic imine (C=N–C) groups is 1. The van der Waals surface area contributed by atoms with Crippen molar-refractivity contribution in [2.24, 2.45) is 10.9 Å². The highest BCUT2D eigenvalue weighted by Crippen LogP contribution is 2.05. The van der Waals surface area contributed by atoms with E-state index in [4.69, 9.17) is 0 Å². The lowest BCUT2D eigenvalue weighted by atomic mass is 10.1. The van der Waals surface area contributed by atoms with E-state index in [1.54, 1.807) is 0 Å². The van der Waals surface area contributed by atoms with Crippen molar-refractivity contribution in [3.8, 4) is 0 Å². The minimum Gasteiger partial charge on any atom is -0.356 e. The Balaban J connectivity index is 2.15. The number of hydrogen-bond donors (Lipinski definition) is 2. The van der Waals surface area contributed by atoms with Crippen molar-refractivity contribution in [3.63, 3.8) is 0 Å². The third-order valence-electron chi connectivity index (χ3n) is 4.45. The zero-order chi connectivity index (χ0) is 16.4. The molecule has 0 spiro atoms. The van der Waals surface area contributed by atoms with Crippen LogP contribution in [0.2, 0.25) is 0 Å². The maximum Gasteiger partial charge on any atom is 0.191 e. The van der Waals surface area contributed by atoms with Gasteiger partial charge in [-0.15, -0.1) is 0 Å². The van der Waals surface area contributed by atoms with Crippen LogP contribution in [0.25, 0.3) is 0 Å². The number of likely N-dealkylation sites (N-methyl/N-ethyl adjacent to an activating group) is 1. The van der Waals surface area contributed by atoms with E-state index in [-0.39, 0.29) is 0 Å². The van der Waals surface area contributed by atoms with E-state index in [0.29, 0.717) is 6.04 Å². The Morgan fingerprint density at radius 3 is 2.32 bits per heavy atom. The first-order chi connectivity index (χ1) is 10.5. The maximum absolute atomic E-state index is 4.32. The lowest BCUT2D eigenvalue weighted by Crippen LogP contribution is -2.52. The van der Waals surface area contributed by atoms with Crippen LogP contribution in [0.1, 0.15) is 40.0 Å². The number of rotatable bonds is 8. The Morgan fingerprint density at radius 2 is 1.73 bits per heavy atom. The molecule has 0 bridgehead atoms. The first-order valence-electron chi connectivity index (χ1n) is 8.90. The number of hydrogen-bond acceptors (Lipinski definition) is 3. The molecular weight excluding hydrogens is 274 g/mol. The van der Waals surface area contributed by atoms with Gasteiger partial charge < -0.3 is 15.5 Å². The summed E-state index contributed by atoms with van der Waals surface area (Å²) < 4.78 is 0. The highest BCUT2D eigenvalue weighted by atomic mass is 15.3. The minimum atomic E-state index is 0.549. The van der Waals surface area contributed by atoms with Crippen LogP contribution < -0.4 is 10.6 Å². The van der Waals surface area contributed by atoms with E-state index < -0.39 is 0 Å². The molecule has 0 aromatic rings. The lowest BCUT2D eigenvalue weighted by Gasteiger charge is -2.36. The Bertz CT molecular complexity index is 308. The van der Waals surface area contributed by atoms with Gasteiger partial charge in [0.1, 0.15) is 0 Å². The van der Waals surface area contributed by atoms with Crippen LogP contribution in [0, 0.1) is 5.92 Å². The van der Waals surface area contributed by atoms with Crippen molar-refractivity contribution < 1.29 is 0 Å². The summed E-state index contributed by atoms with van der Waals surface area (Å²) in [7, 11) is 4.05. The molecule has 0 radical (unpaired) electrons. The number of piperazine rings is 1. The summed E-state index contributed by atoms with van der Waals surface area (Å²) in [6.07, 6.45) is 3.82. The molecule has 1 aliphatic heterocycles. The molecule has 1 heterocycles. The van der Waals surface area contributed by atoms with Crippen molar-refractivity contribution in [1.82, 2.24) is 20.4 Å². The number of unbranched alkanes of at least 4 members (excludes halogenated alkanes) is 1. The summed E-state index contributed by atoms with van der Waals surface area (Å²) in [6, 6.07) is 0.549. The fraction of sp³-hybridized carbons (Fsp3) is 0.941. The fourth-order valence-corrected chi connectivity index (χ4v) is 2.74. The van der Waals surface area contributed by atoms with Gasteiger partial charge in [0, 0.05) is 52.4 Å². The second kappa shape index (κ2) is 10.8. The smallest absolute Gasteiger partial charge is 0.191 e. The summed E-state index contributed by atoms with van der Waals surface area (Å²) in [6.45, 7) is 13.5. The van der Waals surface area contributed by atoms with E-state index in [1.807, 2.05) is 7.05 Å². The van der Waals surface area contributed by atoms with E-state index >= 15 is 0 Å². The van der Waals surface area contributed by atoms with Gasteiger partial charge in [-0.05, 0) is 26.3 Å². The Hall–Kier alpha value is -0.810. The third-order valence-corrected chi connectivity index (χ3v) is 4.45. The summed E-state index contributed by atoms with van der Waals surface area (Å²) in [5.74, 6) is 1.74. The van der Waals surface area contributed by atoms with Gasteiger partial charge in [-0.2, -0.15) is 0 Å². The number of nitrogens with one attached hydrogen (secondary N) is 2. The van der Waals surface area contributed by atoms with Gasteiger partial charge >= 0.3 is 0 Å². The van der Waals surface area contributed by atoms with Crippen molar-refractivity contribution in [2.45, 2.75) is 46.1 Å². The molecule has 0 aromatic heterocycles. The summed E-state index contributed by atoms with van der Waals surface area (Å²) in [5.41, 5.74) is 0. The molecule has 1 unspecified atom stereocenters. The van der Waals surface area contributed by atoms with Crippen molar-refractivity contribution >= 4 is 5.96 Å². The normalized spacial score (nSPS) is 19.5. The van der Waals surface area contributed by atoms with E-state index in [1.165, 1.54) is 45.4 Å². The van der Waals surface area contributed by atoms with Crippen molar-refractivity contribution in [2.75, 3.05) is 53.4 Å². The molecule has 1 fully saturated rings. The minimum absolute atomic E-state index is 0.549. The molecule has 1 atom stereocenters. The molecule has 0 saturated carbocycles. The molecule has 1 aliphatic rings. The van der Waals surface area contributed by atoms with Crippen LogP contribution in [0.4, 0.5) is 0 Å². The Labute approximate surface area is 137 Å². The fourth-order valence-electron chi connectivity index (χ4n) is 2.74. The SMILES string of the molecule is CN=C(NCCCCC(C)C)NCC(C)N1CCN(C)CC1. The van der Waals surface area contributed by atoms with Crippen LogP contribution in [0.3, 0.4) is 0 Å². The first kappa shape index (κ1) is 19.2. The van der Waals surface area contributed by atoms with Gasteiger partial charge in [0.25, 0.3) is 0 Å². The molecule has 130 valence electrons. The van der Waals surface area contributed by atoms with Crippen LogP contribution in [-0.4, -0.2) is 75.2 Å². The average molecular weight is 312 g/mol. The van der Waals surface area contributed by atoms with Crippen molar-refractivity contribution in [1.29, 1.82) is 0 Å². The number of nitrogens with zero attached hydrogens (tertiary/aromatic N) is 3. The Morgan fingerprint density at radius 1 is 1.05 bits per heavy atom. The van der Waals surface area contributed by atoms with Crippen molar-refractivity contribution in [3.05, 3.63) is 0 Å². The van der Waals surface area contributed by atoms with Gasteiger partial charge in [-0.25, -0.2) is 0 Å². The summed E-state index contributed by atoms with van der Waals surface area (Å²) in [4.78, 5) is 9.27. The molecule has 2 N–H and O–H groups in total. The van der Waals surface area contributed by atoms with Gasteiger partial charge in [-0.1, -0.05) is 26.7 Å². The quantitative estimate of drug-likeness (QED) is 0.406. The van der Waals surface area contributed by atoms with Crippen LogP contribution in [0.15, 0.2) is 4.99 Å². The predicted octanol–water partition coefficient (Wildman–Crippen LogP) is 1.61. The molecule has 0 aliphatic carbocycles. The monoisotopic (exact) mass is 311 g/mol. The van der Waals surface area contributed by atoms with Gasteiger partial charge in [-0.3, -0.25) is 9.89 Å². The van der Waals surface area contributed by atoms with E-state index in [9.17, 15) is 0 Å². The molecule has 1 saturated heterocycles. The van der Waals surface area contributed by atoms with Crippen LogP contribution in [0.5, 0.6) is 0 Å².